The Hall–Kier alpha value is -3.04. The highest BCUT2D eigenvalue weighted by molar-refractivity contribution is 8.76. The molecule has 0 fully saturated rings. The molecule has 8 heteroatoms. The number of carboxylic acids is 1. The molecule has 4 aromatic carbocycles. The third-order valence-corrected chi connectivity index (χ3v) is 7.92. The van der Waals surface area contributed by atoms with Crippen molar-refractivity contribution < 1.29 is 14.7 Å². The van der Waals surface area contributed by atoms with Crippen LogP contribution in [0, 0.1) is 0 Å². The molecule has 0 aliphatic heterocycles. The van der Waals surface area contributed by atoms with Crippen molar-refractivity contribution in [3.63, 3.8) is 0 Å². The molecule has 0 aromatic heterocycles. The highest BCUT2D eigenvalue weighted by Gasteiger charge is 2.27. The van der Waals surface area contributed by atoms with Crippen LogP contribution in [0.1, 0.15) is 0 Å². The van der Waals surface area contributed by atoms with Crippen LogP contribution in [0.25, 0.3) is 21.5 Å². The van der Waals surface area contributed by atoms with Crippen LogP contribution in [0.2, 0.25) is 0 Å². The van der Waals surface area contributed by atoms with Gasteiger partial charge < -0.3 is 16.6 Å². The summed E-state index contributed by atoms with van der Waals surface area (Å²) in [5, 5.41) is 12.9. The van der Waals surface area contributed by atoms with Gasteiger partial charge in [-0.05, 0) is 22.9 Å². The van der Waals surface area contributed by atoms with Crippen molar-refractivity contribution in [1.82, 2.24) is 0 Å². The van der Waals surface area contributed by atoms with E-state index in [-0.39, 0.29) is 11.7 Å². The van der Waals surface area contributed by atoms with Crippen LogP contribution in [0.15, 0.2) is 84.9 Å². The van der Waals surface area contributed by atoms with E-state index in [0.717, 1.165) is 32.9 Å². The molecule has 0 aliphatic rings. The van der Waals surface area contributed by atoms with E-state index >= 15 is 0 Å². The topological polar surface area (TPSA) is 110 Å². The summed E-state index contributed by atoms with van der Waals surface area (Å²) in [4.78, 5) is 26.5. The number of carboxylic acid groups (broad SMARTS) is 1. The second-order valence-electron chi connectivity index (χ2n) is 7.79. The molecular weight excluding hydrogens is 466 g/mol. The summed E-state index contributed by atoms with van der Waals surface area (Å²) in [6.45, 7) is 0. The lowest BCUT2D eigenvalue weighted by atomic mass is 10.0. The van der Waals surface area contributed by atoms with E-state index in [0.29, 0.717) is 5.75 Å². The Balaban J connectivity index is 1.70. The predicted octanol–water partition coefficient (Wildman–Crippen LogP) is 4.78. The number of rotatable bonds is 9. The Bertz CT molecular complexity index is 1240. The molecule has 34 heavy (non-hydrogen) atoms. The van der Waals surface area contributed by atoms with Crippen LogP contribution < -0.4 is 16.4 Å². The molecular formula is C26H25N3O3S2. The van der Waals surface area contributed by atoms with Gasteiger partial charge in [-0.2, -0.15) is 0 Å². The van der Waals surface area contributed by atoms with Gasteiger partial charge in [0.2, 0.25) is 5.91 Å². The molecule has 0 heterocycles. The molecule has 0 spiro atoms. The number of anilines is 2. The first-order chi connectivity index (χ1) is 16.5. The van der Waals surface area contributed by atoms with Crippen molar-refractivity contribution in [3.05, 3.63) is 84.9 Å². The SMILES string of the molecule is N[C@@H](CSSC[C@H](N)C(=O)N(c1cccc2ccccc12)c1cccc2ccccc12)C(=O)O. The second-order valence-corrected chi connectivity index (χ2v) is 10.3. The fourth-order valence-corrected chi connectivity index (χ4v) is 5.95. The van der Waals surface area contributed by atoms with E-state index < -0.39 is 18.1 Å². The summed E-state index contributed by atoms with van der Waals surface area (Å²) in [7, 11) is 2.66. The molecule has 4 rings (SSSR count). The van der Waals surface area contributed by atoms with Crippen molar-refractivity contribution in [3.8, 4) is 0 Å². The van der Waals surface area contributed by atoms with Crippen LogP contribution in [-0.2, 0) is 9.59 Å². The average Bonchev–Trinajstić information content (AvgIpc) is 2.86. The minimum absolute atomic E-state index is 0.233. The number of hydrogen-bond donors (Lipinski definition) is 3. The maximum atomic E-state index is 13.8. The van der Waals surface area contributed by atoms with Gasteiger partial charge >= 0.3 is 5.97 Å². The fourth-order valence-electron chi connectivity index (χ4n) is 3.73. The zero-order valence-corrected chi connectivity index (χ0v) is 20.0. The first-order valence-electron chi connectivity index (χ1n) is 10.7. The van der Waals surface area contributed by atoms with Gasteiger partial charge in [0.1, 0.15) is 6.04 Å². The van der Waals surface area contributed by atoms with Crippen molar-refractivity contribution in [2.45, 2.75) is 12.1 Å². The van der Waals surface area contributed by atoms with Crippen LogP contribution in [0.5, 0.6) is 0 Å². The Morgan fingerprint density at radius 2 is 1.15 bits per heavy atom. The third kappa shape index (κ3) is 5.20. The Morgan fingerprint density at radius 1 is 0.706 bits per heavy atom. The number of amides is 1. The van der Waals surface area contributed by atoms with E-state index in [1.807, 2.05) is 84.9 Å². The Labute approximate surface area is 205 Å². The monoisotopic (exact) mass is 491 g/mol. The maximum Gasteiger partial charge on any atom is 0.321 e. The third-order valence-electron chi connectivity index (χ3n) is 5.45. The average molecular weight is 492 g/mol. The molecule has 2 atom stereocenters. The van der Waals surface area contributed by atoms with Crippen LogP contribution in [-0.4, -0.2) is 40.6 Å². The van der Waals surface area contributed by atoms with Crippen LogP contribution in [0.3, 0.4) is 0 Å². The summed E-state index contributed by atoms with van der Waals surface area (Å²) in [5.74, 6) is -0.728. The molecule has 0 saturated heterocycles. The van der Waals surface area contributed by atoms with Crippen LogP contribution in [0.4, 0.5) is 11.4 Å². The molecule has 4 aromatic rings. The Morgan fingerprint density at radius 3 is 1.65 bits per heavy atom. The van der Waals surface area contributed by atoms with Gasteiger partial charge in [-0.25, -0.2) is 0 Å². The summed E-state index contributed by atoms with van der Waals surface area (Å²) >= 11 is 0. The first-order valence-corrected chi connectivity index (χ1v) is 13.2. The summed E-state index contributed by atoms with van der Waals surface area (Å²) in [6, 6.07) is 25.9. The number of fused-ring (bicyclic) bond motifs is 2. The molecule has 0 radical (unpaired) electrons. The molecule has 1 amide bonds. The molecule has 5 N–H and O–H groups in total. The number of benzene rings is 4. The number of carbonyl (C=O) groups is 2. The van der Waals surface area contributed by atoms with Gasteiger partial charge in [0.05, 0.1) is 17.4 Å². The van der Waals surface area contributed by atoms with Crippen molar-refractivity contribution in [2.75, 3.05) is 16.4 Å². The number of hydrogen-bond acceptors (Lipinski definition) is 6. The van der Waals surface area contributed by atoms with Gasteiger partial charge in [-0.1, -0.05) is 94.4 Å². The Kier molecular flexibility index (Phi) is 7.74. The predicted molar refractivity (Wildman–Crippen MR) is 144 cm³/mol. The minimum Gasteiger partial charge on any atom is -0.480 e. The quantitative estimate of drug-likeness (QED) is 0.228. The lowest BCUT2D eigenvalue weighted by Crippen LogP contribution is -2.43. The number of carbonyl (C=O) groups excluding carboxylic acids is 1. The number of nitrogens with two attached hydrogens (primary N) is 2. The summed E-state index contributed by atoms with van der Waals surface area (Å²) in [6.07, 6.45) is 0. The molecule has 0 unspecified atom stereocenters. The zero-order valence-electron chi connectivity index (χ0n) is 18.3. The number of nitrogens with zero attached hydrogens (tertiary/aromatic N) is 1. The largest absolute Gasteiger partial charge is 0.480 e. The molecule has 6 nitrogen and oxygen atoms in total. The smallest absolute Gasteiger partial charge is 0.321 e. The standard InChI is InChI=1S/C26H25N3O3S2/c27-21(15-33-34-16-22(28)26(31)32)25(30)29(23-13-5-9-17-7-1-3-11-19(17)23)24-14-6-10-18-8-2-4-12-20(18)24/h1-14,21-22H,15-16,27-28H2,(H,31,32)/t21-,22-/m0/s1. The normalized spacial score (nSPS) is 13.0. The lowest BCUT2D eigenvalue weighted by molar-refractivity contribution is -0.137. The van der Waals surface area contributed by atoms with Gasteiger partial charge in [0, 0.05) is 22.3 Å². The van der Waals surface area contributed by atoms with E-state index in [9.17, 15) is 9.59 Å². The van der Waals surface area contributed by atoms with Gasteiger partial charge in [0.15, 0.2) is 0 Å². The lowest BCUT2D eigenvalue weighted by Gasteiger charge is -2.28. The maximum absolute atomic E-state index is 13.8. The summed E-state index contributed by atoms with van der Waals surface area (Å²) in [5.41, 5.74) is 13.5. The minimum atomic E-state index is -1.05. The summed E-state index contributed by atoms with van der Waals surface area (Å²) < 4.78 is 0. The zero-order chi connectivity index (χ0) is 24.1. The van der Waals surface area contributed by atoms with Crippen molar-refractivity contribution in [2.24, 2.45) is 11.5 Å². The highest BCUT2D eigenvalue weighted by atomic mass is 33.1. The van der Waals surface area contributed by atoms with Crippen LogP contribution >= 0.6 is 21.6 Å². The second kappa shape index (κ2) is 10.9. The van der Waals surface area contributed by atoms with E-state index in [4.69, 9.17) is 16.6 Å². The van der Waals surface area contributed by atoms with Gasteiger partial charge in [0.25, 0.3) is 0 Å². The fraction of sp³-hybridized carbons (Fsp3) is 0.154. The molecule has 0 aliphatic carbocycles. The van der Waals surface area contributed by atoms with E-state index in [1.165, 1.54) is 21.6 Å². The number of aliphatic carboxylic acids is 1. The van der Waals surface area contributed by atoms with Gasteiger partial charge in [-0.15, -0.1) is 0 Å². The molecule has 174 valence electrons. The van der Waals surface area contributed by atoms with Crippen molar-refractivity contribution >= 4 is 66.4 Å². The molecule has 0 saturated carbocycles. The molecule has 0 bridgehead atoms. The highest BCUT2D eigenvalue weighted by Crippen LogP contribution is 2.37. The van der Waals surface area contributed by atoms with Crippen molar-refractivity contribution in [1.29, 1.82) is 0 Å². The van der Waals surface area contributed by atoms with Gasteiger partial charge in [-0.3, -0.25) is 14.5 Å². The van der Waals surface area contributed by atoms with E-state index in [1.54, 1.807) is 4.90 Å². The first kappa shape index (κ1) is 24.1. The van der Waals surface area contributed by atoms with E-state index in [2.05, 4.69) is 0 Å².